The third kappa shape index (κ3) is 4.05. The molecule has 0 saturated carbocycles. The van der Waals surface area contributed by atoms with Crippen molar-refractivity contribution in [1.29, 1.82) is 0 Å². The Labute approximate surface area is 145 Å². The topological polar surface area (TPSA) is 57.6 Å². The lowest BCUT2D eigenvalue weighted by Crippen LogP contribution is -2.44. The van der Waals surface area contributed by atoms with Gasteiger partial charge in [-0.25, -0.2) is 4.39 Å². The number of carbonyl (C=O) groups excluding carboxylic acids is 1. The molecule has 2 aromatic rings. The van der Waals surface area contributed by atoms with Crippen LogP contribution < -0.4 is 0 Å². The van der Waals surface area contributed by atoms with E-state index in [0.29, 0.717) is 12.1 Å². The molecule has 1 N–H and O–H groups in total. The average molecular weight is 341 g/mol. The minimum absolute atomic E-state index is 0.0207. The van der Waals surface area contributed by atoms with Gasteiger partial charge in [0.1, 0.15) is 5.82 Å². The first-order valence-electron chi connectivity index (χ1n) is 8.43. The summed E-state index contributed by atoms with van der Waals surface area (Å²) in [5, 5.41) is 9.05. The number of carbonyl (C=O) groups is 2. The first-order valence-corrected chi connectivity index (χ1v) is 8.43. The molecule has 0 radical (unpaired) electrons. The standard InChI is InChI=1S/C20H20FNO3/c21-17-5-3-4-16(12-17)14-7-9-15(10-8-14)20(25)22-11-2-1-6-18(22)13-19(23)24/h3-5,7-10,12,18H,1-2,6,11,13H2,(H,23,24). The van der Waals surface area contributed by atoms with Gasteiger partial charge in [0.15, 0.2) is 0 Å². The van der Waals surface area contributed by atoms with E-state index in [4.69, 9.17) is 5.11 Å². The number of carboxylic acid groups (broad SMARTS) is 1. The number of piperidine rings is 1. The number of rotatable bonds is 4. The van der Waals surface area contributed by atoms with Crippen molar-refractivity contribution in [2.24, 2.45) is 0 Å². The fourth-order valence-electron chi connectivity index (χ4n) is 3.32. The molecule has 1 unspecified atom stereocenters. The molecule has 25 heavy (non-hydrogen) atoms. The zero-order valence-corrected chi connectivity index (χ0v) is 13.8. The second-order valence-electron chi connectivity index (χ2n) is 6.33. The zero-order valence-electron chi connectivity index (χ0n) is 13.8. The molecule has 0 aromatic heterocycles. The van der Waals surface area contributed by atoms with Crippen LogP contribution in [0.2, 0.25) is 0 Å². The smallest absolute Gasteiger partial charge is 0.305 e. The molecule has 2 aromatic carbocycles. The number of likely N-dealkylation sites (tertiary alicyclic amines) is 1. The fraction of sp³-hybridized carbons (Fsp3) is 0.300. The Kier molecular flexibility index (Phi) is 5.12. The van der Waals surface area contributed by atoms with E-state index >= 15 is 0 Å². The number of nitrogens with zero attached hydrogens (tertiary/aromatic N) is 1. The van der Waals surface area contributed by atoms with E-state index in [1.165, 1.54) is 12.1 Å². The van der Waals surface area contributed by atoms with Gasteiger partial charge < -0.3 is 10.0 Å². The van der Waals surface area contributed by atoms with Gasteiger partial charge in [0.05, 0.1) is 6.42 Å². The second-order valence-corrected chi connectivity index (χ2v) is 6.33. The molecule has 130 valence electrons. The molecule has 1 saturated heterocycles. The van der Waals surface area contributed by atoms with Crippen LogP contribution in [0.1, 0.15) is 36.0 Å². The van der Waals surface area contributed by atoms with Crippen LogP contribution in [0, 0.1) is 5.82 Å². The monoisotopic (exact) mass is 341 g/mol. The number of aliphatic carboxylic acids is 1. The van der Waals surface area contributed by atoms with Crippen molar-refractivity contribution in [3.63, 3.8) is 0 Å². The van der Waals surface area contributed by atoms with E-state index in [9.17, 15) is 14.0 Å². The number of benzene rings is 2. The van der Waals surface area contributed by atoms with Crippen LogP contribution >= 0.6 is 0 Å². The lowest BCUT2D eigenvalue weighted by Gasteiger charge is -2.35. The molecule has 1 fully saturated rings. The molecule has 0 aliphatic carbocycles. The Morgan fingerprint density at radius 3 is 2.52 bits per heavy atom. The van der Waals surface area contributed by atoms with Crippen LogP contribution in [0.15, 0.2) is 48.5 Å². The van der Waals surface area contributed by atoms with E-state index in [2.05, 4.69) is 0 Å². The quantitative estimate of drug-likeness (QED) is 0.916. The summed E-state index contributed by atoms with van der Waals surface area (Å²) < 4.78 is 13.3. The van der Waals surface area contributed by atoms with Crippen molar-refractivity contribution in [2.75, 3.05) is 6.54 Å². The summed E-state index contributed by atoms with van der Waals surface area (Å²) in [5.74, 6) is -1.33. The summed E-state index contributed by atoms with van der Waals surface area (Å²) >= 11 is 0. The lowest BCUT2D eigenvalue weighted by molar-refractivity contribution is -0.138. The van der Waals surface area contributed by atoms with Crippen molar-refractivity contribution >= 4 is 11.9 Å². The SMILES string of the molecule is O=C(O)CC1CCCCN1C(=O)c1ccc(-c2cccc(F)c2)cc1. The lowest BCUT2D eigenvalue weighted by atomic mass is 9.97. The van der Waals surface area contributed by atoms with Crippen LogP contribution in [0.25, 0.3) is 11.1 Å². The Hall–Kier alpha value is -2.69. The van der Waals surface area contributed by atoms with Crippen LogP contribution in [0.4, 0.5) is 4.39 Å². The summed E-state index contributed by atoms with van der Waals surface area (Å²) in [5.41, 5.74) is 2.11. The van der Waals surface area contributed by atoms with E-state index < -0.39 is 5.97 Å². The first kappa shape index (κ1) is 17.1. The molecular formula is C20H20FNO3. The molecule has 0 spiro atoms. The predicted molar refractivity (Wildman–Crippen MR) is 92.8 cm³/mol. The maximum atomic E-state index is 13.3. The Morgan fingerprint density at radius 1 is 1.08 bits per heavy atom. The van der Waals surface area contributed by atoms with E-state index in [0.717, 1.165) is 30.4 Å². The third-order valence-electron chi connectivity index (χ3n) is 4.59. The van der Waals surface area contributed by atoms with Crippen LogP contribution in [-0.4, -0.2) is 34.5 Å². The van der Waals surface area contributed by atoms with E-state index in [1.807, 2.05) is 6.07 Å². The van der Waals surface area contributed by atoms with Gasteiger partial charge in [-0.05, 0) is 54.7 Å². The van der Waals surface area contributed by atoms with Gasteiger partial charge in [-0.2, -0.15) is 0 Å². The predicted octanol–water partition coefficient (Wildman–Crippen LogP) is 3.96. The van der Waals surface area contributed by atoms with Gasteiger partial charge in [0.25, 0.3) is 5.91 Å². The summed E-state index contributed by atoms with van der Waals surface area (Å²) in [7, 11) is 0. The highest BCUT2D eigenvalue weighted by molar-refractivity contribution is 5.95. The highest BCUT2D eigenvalue weighted by Gasteiger charge is 2.29. The summed E-state index contributed by atoms with van der Waals surface area (Å²) in [6.45, 7) is 0.586. The minimum atomic E-state index is -0.883. The largest absolute Gasteiger partial charge is 0.481 e. The molecule has 1 aliphatic heterocycles. The third-order valence-corrected chi connectivity index (χ3v) is 4.59. The highest BCUT2D eigenvalue weighted by atomic mass is 19.1. The van der Waals surface area contributed by atoms with Gasteiger partial charge >= 0.3 is 5.97 Å². The minimum Gasteiger partial charge on any atom is -0.481 e. The Balaban J connectivity index is 1.79. The summed E-state index contributed by atoms with van der Waals surface area (Å²) in [4.78, 5) is 25.5. The van der Waals surface area contributed by atoms with Crippen molar-refractivity contribution < 1.29 is 19.1 Å². The normalized spacial score (nSPS) is 17.3. The number of halogens is 1. The van der Waals surface area contributed by atoms with Gasteiger partial charge in [-0.1, -0.05) is 24.3 Å². The van der Waals surface area contributed by atoms with E-state index in [-0.39, 0.29) is 24.2 Å². The Morgan fingerprint density at radius 2 is 1.84 bits per heavy atom. The number of carboxylic acids is 1. The number of hydrogen-bond donors (Lipinski definition) is 1. The highest BCUT2D eigenvalue weighted by Crippen LogP contribution is 2.24. The molecule has 1 amide bonds. The fourth-order valence-corrected chi connectivity index (χ4v) is 3.32. The van der Waals surface area contributed by atoms with Gasteiger partial charge in [-0.15, -0.1) is 0 Å². The van der Waals surface area contributed by atoms with Gasteiger partial charge in [-0.3, -0.25) is 9.59 Å². The molecule has 5 heteroatoms. The molecule has 4 nitrogen and oxygen atoms in total. The molecular weight excluding hydrogens is 321 g/mol. The van der Waals surface area contributed by atoms with Crippen molar-refractivity contribution in [3.05, 3.63) is 59.9 Å². The maximum absolute atomic E-state index is 13.3. The van der Waals surface area contributed by atoms with E-state index in [1.54, 1.807) is 35.2 Å². The number of amides is 1. The maximum Gasteiger partial charge on any atom is 0.305 e. The molecule has 1 aliphatic rings. The van der Waals surface area contributed by atoms with Crippen LogP contribution in [0.3, 0.4) is 0 Å². The number of hydrogen-bond acceptors (Lipinski definition) is 2. The molecule has 1 heterocycles. The first-order chi connectivity index (χ1) is 12.0. The molecule has 0 bridgehead atoms. The van der Waals surface area contributed by atoms with Crippen LogP contribution in [0.5, 0.6) is 0 Å². The Bertz CT molecular complexity index is 773. The summed E-state index contributed by atoms with van der Waals surface area (Å²) in [6, 6.07) is 13.1. The van der Waals surface area contributed by atoms with Crippen molar-refractivity contribution in [2.45, 2.75) is 31.7 Å². The second kappa shape index (κ2) is 7.47. The molecule has 1 atom stereocenters. The van der Waals surface area contributed by atoms with Gasteiger partial charge in [0.2, 0.25) is 0 Å². The van der Waals surface area contributed by atoms with Crippen molar-refractivity contribution in [3.8, 4) is 11.1 Å². The van der Waals surface area contributed by atoms with Crippen LogP contribution in [-0.2, 0) is 4.79 Å². The van der Waals surface area contributed by atoms with Crippen molar-refractivity contribution in [1.82, 2.24) is 4.90 Å². The summed E-state index contributed by atoms with van der Waals surface area (Å²) in [6.07, 6.45) is 2.54. The zero-order chi connectivity index (χ0) is 17.8. The van der Waals surface area contributed by atoms with Gasteiger partial charge in [0, 0.05) is 18.2 Å². The average Bonchev–Trinajstić information content (AvgIpc) is 2.61. The molecule has 3 rings (SSSR count).